The van der Waals surface area contributed by atoms with Crippen molar-refractivity contribution in [3.05, 3.63) is 16.6 Å². The first-order valence-electron chi connectivity index (χ1n) is 3.49. The third-order valence-electron chi connectivity index (χ3n) is 1.39. The van der Waals surface area contributed by atoms with Crippen molar-refractivity contribution in [2.24, 2.45) is 0 Å². The van der Waals surface area contributed by atoms with Gasteiger partial charge in [-0.1, -0.05) is 0 Å². The third-order valence-corrected chi connectivity index (χ3v) is 2.16. The Morgan fingerprint density at radius 2 is 2.55 bits per heavy atom. The fraction of sp³-hybridized carbons (Fsp3) is 0.571. The summed E-state index contributed by atoms with van der Waals surface area (Å²) in [6.45, 7) is 1.82. The van der Waals surface area contributed by atoms with Crippen molar-refractivity contribution in [1.82, 2.24) is 9.88 Å². The molecular weight excluding hydrogens is 160 g/mol. The van der Waals surface area contributed by atoms with E-state index in [1.54, 1.807) is 11.3 Å². The molecule has 0 fully saturated rings. The number of likely N-dealkylation sites (N-methyl/N-ethyl adjacent to an activating group) is 1. The fourth-order valence-corrected chi connectivity index (χ4v) is 1.51. The van der Waals surface area contributed by atoms with Crippen LogP contribution in [-0.2, 0) is 6.54 Å². The van der Waals surface area contributed by atoms with Gasteiger partial charge in [-0.3, -0.25) is 9.88 Å². The molecule has 1 aromatic heterocycles. The first kappa shape index (κ1) is 8.64. The molecule has 0 spiro atoms. The molecule has 1 aromatic rings. The van der Waals surface area contributed by atoms with Gasteiger partial charge in [-0.05, 0) is 7.05 Å². The minimum Gasteiger partial charge on any atom is -0.395 e. The van der Waals surface area contributed by atoms with Crippen LogP contribution in [0.5, 0.6) is 0 Å². The molecule has 0 unspecified atom stereocenters. The van der Waals surface area contributed by atoms with E-state index in [0.717, 1.165) is 13.1 Å². The lowest BCUT2D eigenvalue weighted by Gasteiger charge is -2.12. The summed E-state index contributed by atoms with van der Waals surface area (Å²) < 4.78 is 0. The van der Waals surface area contributed by atoms with Gasteiger partial charge < -0.3 is 5.11 Å². The second-order valence-corrected chi connectivity index (χ2v) is 3.40. The summed E-state index contributed by atoms with van der Waals surface area (Å²) in [7, 11) is 1.98. The van der Waals surface area contributed by atoms with E-state index in [1.165, 1.54) is 4.88 Å². The Morgan fingerprint density at radius 3 is 3.09 bits per heavy atom. The number of nitrogens with zero attached hydrogens (tertiary/aromatic N) is 2. The molecule has 1 N–H and O–H groups in total. The smallest absolute Gasteiger partial charge is 0.0794 e. The standard InChI is InChI=1S/C7H12N2OS/c1-9(2-3-10)5-7-4-8-6-11-7/h4,6,10H,2-3,5H2,1H3. The maximum absolute atomic E-state index is 8.61. The molecule has 0 atom stereocenters. The normalized spacial score (nSPS) is 10.8. The zero-order chi connectivity index (χ0) is 8.10. The van der Waals surface area contributed by atoms with Crippen LogP contribution >= 0.6 is 11.3 Å². The van der Waals surface area contributed by atoms with Crippen molar-refractivity contribution < 1.29 is 5.11 Å². The van der Waals surface area contributed by atoms with E-state index in [9.17, 15) is 0 Å². The molecule has 0 radical (unpaired) electrons. The van der Waals surface area contributed by atoms with Gasteiger partial charge in [0.1, 0.15) is 0 Å². The van der Waals surface area contributed by atoms with Gasteiger partial charge in [-0.15, -0.1) is 11.3 Å². The Hall–Kier alpha value is -0.450. The number of rotatable bonds is 4. The highest BCUT2D eigenvalue weighted by Gasteiger charge is 1.99. The van der Waals surface area contributed by atoms with Gasteiger partial charge in [0, 0.05) is 24.2 Å². The predicted molar refractivity (Wildman–Crippen MR) is 45.5 cm³/mol. The minimum absolute atomic E-state index is 0.218. The minimum atomic E-state index is 0.218. The maximum atomic E-state index is 8.61. The van der Waals surface area contributed by atoms with Gasteiger partial charge in [0.05, 0.1) is 12.1 Å². The van der Waals surface area contributed by atoms with Gasteiger partial charge in [-0.25, -0.2) is 0 Å². The average Bonchev–Trinajstić information content (AvgIpc) is 2.40. The molecule has 0 saturated heterocycles. The van der Waals surface area contributed by atoms with Crippen LogP contribution in [0.1, 0.15) is 4.88 Å². The first-order chi connectivity index (χ1) is 5.33. The van der Waals surface area contributed by atoms with Crippen molar-refractivity contribution >= 4 is 11.3 Å². The lowest BCUT2D eigenvalue weighted by Crippen LogP contribution is -2.20. The zero-order valence-electron chi connectivity index (χ0n) is 6.53. The molecule has 0 aromatic carbocycles. The van der Waals surface area contributed by atoms with Crippen LogP contribution in [-0.4, -0.2) is 35.2 Å². The van der Waals surface area contributed by atoms with Crippen molar-refractivity contribution in [1.29, 1.82) is 0 Å². The van der Waals surface area contributed by atoms with E-state index in [-0.39, 0.29) is 6.61 Å². The highest BCUT2D eigenvalue weighted by molar-refractivity contribution is 7.09. The molecule has 0 aliphatic rings. The van der Waals surface area contributed by atoms with Crippen molar-refractivity contribution in [3.8, 4) is 0 Å². The summed E-state index contributed by atoms with van der Waals surface area (Å²) in [5, 5.41) is 8.61. The number of hydrogen-bond donors (Lipinski definition) is 1. The van der Waals surface area contributed by atoms with Crippen LogP contribution in [0.25, 0.3) is 0 Å². The van der Waals surface area contributed by atoms with Crippen molar-refractivity contribution in [2.75, 3.05) is 20.2 Å². The lowest BCUT2D eigenvalue weighted by molar-refractivity contribution is 0.218. The number of thiazole rings is 1. The van der Waals surface area contributed by atoms with Gasteiger partial charge in [0.15, 0.2) is 0 Å². The van der Waals surface area contributed by atoms with E-state index in [0.29, 0.717) is 0 Å². The topological polar surface area (TPSA) is 36.4 Å². The quantitative estimate of drug-likeness (QED) is 0.721. The van der Waals surface area contributed by atoms with Crippen LogP contribution in [0.2, 0.25) is 0 Å². The maximum Gasteiger partial charge on any atom is 0.0794 e. The highest BCUT2D eigenvalue weighted by Crippen LogP contribution is 2.07. The van der Waals surface area contributed by atoms with E-state index in [4.69, 9.17) is 5.11 Å². The number of hydrogen-bond acceptors (Lipinski definition) is 4. The van der Waals surface area contributed by atoms with Crippen molar-refractivity contribution in [3.63, 3.8) is 0 Å². The molecule has 11 heavy (non-hydrogen) atoms. The molecule has 0 bridgehead atoms. The number of aliphatic hydroxyl groups is 1. The van der Waals surface area contributed by atoms with E-state index >= 15 is 0 Å². The average molecular weight is 172 g/mol. The Labute approximate surface area is 70.3 Å². The van der Waals surface area contributed by atoms with E-state index in [1.807, 2.05) is 18.8 Å². The SMILES string of the molecule is CN(CCO)Cc1cncs1. The Kier molecular flexibility index (Phi) is 3.48. The molecule has 62 valence electrons. The van der Waals surface area contributed by atoms with Gasteiger partial charge >= 0.3 is 0 Å². The monoisotopic (exact) mass is 172 g/mol. The van der Waals surface area contributed by atoms with Crippen molar-refractivity contribution in [2.45, 2.75) is 6.54 Å². The summed E-state index contributed by atoms with van der Waals surface area (Å²) in [5.41, 5.74) is 1.82. The Balaban J connectivity index is 2.31. The molecule has 0 aliphatic carbocycles. The second-order valence-electron chi connectivity index (χ2n) is 2.43. The molecule has 4 heteroatoms. The summed E-state index contributed by atoms with van der Waals surface area (Å²) >= 11 is 1.64. The van der Waals surface area contributed by atoms with Crippen LogP contribution < -0.4 is 0 Å². The molecule has 1 rings (SSSR count). The Morgan fingerprint density at radius 1 is 1.73 bits per heavy atom. The summed E-state index contributed by atoms with van der Waals surface area (Å²) in [5.74, 6) is 0. The van der Waals surface area contributed by atoms with Gasteiger partial charge in [0.2, 0.25) is 0 Å². The molecular formula is C7H12N2OS. The molecule has 0 amide bonds. The van der Waals surface area contributed by atoms with E-state index < -0.39 is 0 Å². The largest absolute Gasteiger partial charge is 0.395 e. The molecule has 0 saturated carbocycles. The predicted octanol–water partition coefficient (Wildman–Crippen LogP) is 0.567. The molecule has 0 aliphatic heterocycles. The van der Waals surface area contributed by atoms with Gasteiger partial charge in [-0.2, -0.15) is 0 Å². The molecule has 1 heterocycles. The fourth-order valence-electron chi connectivity index (χ4n) is 0.836. The highest BCUT2D eigenvalue weighted by atomic mass is 32.1. The first-order valence-corrected chi connectivity index (χ1v) is 4.37. The van der Waals surface area contributed by atoms with Gasteiger partial charge in [0.25, 0.3) is 0 Å². The van der Waals surface area contributed by atoms with Crippen LogP contribution in [0, 0.1) is 0 Å². The van der Waals surface area contributed by atoms with Crippen LogP contribution in [0.15, 0.2) is 11.7 Å². The summed E-state index contributed by atoms with van der Waals surface area (Å²) in [4.78, 5) is 7.26. The number of aromatic nitrogens is 1. The summed E-state index contributed by atoms with van der Waals surface area (Å²) in [6, 6.07) is 0. The lowest BCUT2D eigenvalue weighted by atomic mass is 10.5. The van der Waals surface area contributed by atoms with Crippen LogP contribution in [0.4, 0.5) is 0 Å². The van der Waals surface area contributed by atoms with Crippen LogP contribution in [0.3, 0.4) is 0 Å². The number of aliphatic hydroxyl groups excluding tert-OH is 1. The second kappa shape index (κ2) is 4.43. The molecule has 3 nitrogen and oxygen atoms in total. The van der Waals surface area contributed by atoms with E-state index in [2.05, 4.69) is 9.88 Å². The zero-order valence-corrected chi connectivity index (χ0v) is 7.34. The summed E-state index contributed by atoms with van der Waals surface area (Å²) in [6.07, 6.45) is 1.86. The third kappa shape index (κ3) is 2.96. The Bertz CT molecular complexity index is 188.